The molecule has 4 unspecified atom stereocenters. The number of amides is 1. The Hall–Kier alpha value is -3.80. The van der Waals surface area contributed by atoms with Gasteiger partial charge in [0.05, 0.1) is 5.56 Å². The van der Waals surface area contributed by atoms with Gasteiger partial charge in [0.2, 0.25) is 5.91 Å². The lowest BCUT2D eigenvalue weighted by atomic mass is 9.33. The van der Waals surface area contributed by atoms with Crippen LogP contribution in [0.25, 0.3) is 5.57 Å². The normalized spacial score (nSPS) is 34.2. The number of carbonyl (C=O) groups is 2. The van der Waals surface area contributed by atoms with Crippen LogP contribution in [0.2, 0.25) is 0 Å². The van der Waals surface area contributed by atoms with E-state index in [0.29, 0.717) is 29.2 Å². The van der Waals surface area contributed by atoms with Gasteiger partial charge >= 0.3 is 5.97 Å². The summed E-state index contributed by atoms with van der Waals surface area (Å²) in [6.07, 6.45) is 40.4. The van der Waals surface area contributed by atoms with Crippen LogP contribution in [-0.4, -0.2) is 57.9 Å². The van der Waals surface area contributed by atoms with E-state index in [4.69, 9.17) is 0 Å². The summed E-state index contributed by atoms with van der Waals surface area (Å²) in [6, 6.07) is 11.7. The highest BCUT2D eigenvalue weighted by atomic mass is 32.2. The molecule has 8 rings (SSSR count). The van der Waals surface area contributed by atoms with Crippen molar-refractivity contribution in [2.45, 2.75) is 117 Å². The van der Waals surface area contributed by atoms with Crippen LogP contribution < -0.4 is 5.32 Å². The third-order valence-electron chi connectivity index (χ3n) is 16.5. The molecule has 60 heavy (non-hydrogen) atoms. The van der Waals surface area contributed by atoms with E-state index in [1.54, 1.807) is 29.5 Å². The van der Waals surface area contributed by atoms with Gasteiger partial charge in [-0.15, -0.1) is 56.5 Å². The van der Waals surface area contributed by atoms with Crippen LogP contribution >= 0.6 is 21.8 Å². The van der Waals surface area contributed by atoms with Gasteiger partial charge in [0.15, 0.2) is 0 Å². The molecule has 0 radical (unpaired) electrons. The average Bonchev–Trinajstić information content (AvgIpc) is 3.92. The molecule has 2 N–H and O–H groups in total. The van der Waals surface area contributed by atoms with E-state index in [9.17, 15) is 14.7 Å². The van der Waals surface area contributed by atoms with Gasteiger partial charge in [0, 0.05) is 35.0 Å². The van der Waals surface area contributed by atoms with E-state index in [0.717, 1.165) is 43.9 Å². The SMILES string of the molecule is C#C.C#C.C#C.C=CC.C=S1CCN(C(C(=O)N[C@]23CCCC2[C@H]2CCC4[C@@]5(C)CC=C(c6ccc(C(=O)O)cc6)C(C)(C)C5CC[C@@]4(C)[C@]2(C)CC3)c2cccs2)CC1. The molecule has 324 valence electrons. The number of terminal acetylenes is 3. The standard InChI is InChI=1S/C44H60N2O3S2.C3H6.3C2H2/c1-40(2)31(29-11-13-30(14-12-29)39(48)49)17-20-41(3)35(40)18-21-43(5)36(41)16-15-32-33-9-7-19-44(33,23-22-42(32,43)4)45-38(47)37(34-10-8-26-50-34)46-24-27-51(6)28-25-46;1-3-2;3*1-2/h8,10-14,17,26,32-33,35-37H,6-7,9,15-16,18-25,27-28H2,1-5H3,(H,45,47)(H,48,49);3H,1H2,2H3;3*1-2H/t32-,33?,35?,36?,37?,41+,42-,43-,44+;;;;/m1..../s1. The largest absolute Gasteiger partial charge is 0.478 e. The summed E-state index contributed by atoms with van der Waals surface area (Å²) in [4.78, 5) is 29.8. The topological polar surface area (TPSA) is 69.6 Å². The third-order valence-corrected chi connectivity index (χ3v) is 19.0. The summed E-state index contributed by atoms with van der Waals surface area (Å²) >= 11 is 1.74. The number of carboxylic acids is 1. The Balaban J connectivity index is 0.000000823. The number of fused-ring (bicyclic) bond motifs is 7. The van der Waals surface area contributed by atoms with Crippen molar-refractivity contribution in [1.82, 2.24) is 10.2 Å². The molecule has 4 saturated carbocycles. The second kappa shape index (κ2) is 19.9. The summed E-state index contributed by atoms with van der Waals surface area (Å²) in [6.45, 7) is 20.1. The van der Waals surface area contributed by atoms with Crippen molar-refractivity contribution in [3.05, 3.63) is 76.5 Å². The van der Waals surface area contributed by atoms with E-state index < -0.39 is 5.97 Å². The number of carbonyl (C=O) groups excluding carboxylic acids is 1. The molecule has 1 aromatic heterocycles. The Morgan fingerprint density at radius 2 is 1.50 bits per heavy atom. The molecule has 5 fully saturated rings. The van der Waals surface area contributed by atoms with E-state index in [2.05, 4.69) is 119 Å². The van der Waals surface area contributed by atoms with E-state index in [-0.39, 0.29) is 49.6 Å². The Morgan fingerprint density at radius 3 is 2.08 bits per heavy atom. The number of rotatable bonds is 6. The smallest absolute Gasteiger partial charge is 0.335 e. The molecule has 1 saturated heterocycles. The maximum absolute atomic E-state index is 14.6. The van der Waals surface area contributed by atoms with Gasteiger partial charge in [0.1, 0.15) is 6.04 Å². The number of hydrogen-bond acceptors (Lipinski definition) is 4. The molecule has 1 aromatic carbocycles. The van der Waals surface area contributed by atoms with E-state index >= 15 is 0 Å². The highest BCUT2D eigenvalue weighted by Gasteiger charge is 2.69. The molecule has 5 nitrogen and oxygen atoms in total. The minimum absolute atomic E-state index is 0.0106. The number of benzene rings is 1. The van der Waals surface area contributed by atoms with Crippen molar-refractivity contribution in [2.75, 3.05) is 24.6 Å². The average molecular weight is 849 g/mol. The summed E-state index contributed by atoms with van der Waals surface area (Å²) in [5.74, 6) is 8.38. The zero-order valence-electron chi connectivity index (χ0n) is 37.4. The van der Waals surface area contributed by atoms with Crippen molar-refractivity contribution in [2.24, 2.45) is 45.3 Å². The number of hydrogen-bond donors (Lipinski definition) is 2. The Kier molecular flexibility index (Phi) is 16.2. The van der Waals surface area contributed by atoms with Crippen molar-refractivity contribution in [3.8, 4) is 38.5 Å². The first kappa shape index (κ1) is 48.9. The molecule has 2 aromatic rings. The summed E-state index contributed by atoms with van der Waals surface area (Å²) in [5, 5.41) is 15.5. The van der Waals surface area contributed by atoms with Gasteiger partial charge in [-0.3, -0.25) is 9.69 Å². The van der Waals surface area contributed by atoms with Crippen LogP contribution in [0, 0.1) is 83.9 Å². The van der Waals surface area contributed by atoms with Crippen LogP contribution in [0.5, 0.6) is 0 Å². The van der Waals surface area contributed by atoms with Gasteiger partial charge in [0.25, 0.3) is 0 Å². The number of nitrogens with zero attached hydrogens (tertiary/aromatic N) is 1. The zero-order valence-corrected chi connectivity index (χ0v) is 39.0. The maximum atomic E-state index is 14.6. The molecule has 2 heterocycles. The number of nitrogens with one attached hydrogen (secondary N) is 1. The minimum atomic E-state index is -0.866. The molecule has 0 spiro atoms. The van der Waals surface area contributed by atoms with Gasteiger partial charge in [-0.25, -0.2) is 4.79 Å². The summed E-state index contributed by atoms with van der Waals surface area (Å²) < 4.78 is 0. The fourth-order valence-corrected chi connectivity index (χ4v) is 15.9. The van der Waals surface area contributed by atoms with E-state index in [1.807, 2.05) is 19.1 Å². The highest BCUT2D eigenvalue weighted by molar-refractivity contribution is 8.14. The lowest BCUT2D eigenvalue weighted by molar-refractivity contribution is -0.217. The Labute approximate surface area is 370 Å². The first-order valence-electron chi connectivity index (χ1n) is 21.8. The Morgan fingerprint density at radius 1 is 0.867 bits per heavy atom. The van der Waals surface area contributed by atoms with Crippen LogP contribution in [0.4, 0.5) is 0 Å². The number of thiophene rings is 1. The predicted octanol–water partition coefficient (Wildman–Crippen LogP) is 11.9. The monoisotopic (exact) mass is 848 g/mol. The predicted molar refractivity (Wildman–Crippen MR) is 259 cm³/mol. The molecular formula is C53H72N2O3S2. The first-order chi connectivity index (χ1) is 28.6. The fourth-order valence-electron chi connectivity index (χ4n) is 13.9. The first-order valence-corrected chi connectivity index (χ1v) is 24.4. The molecular weight excluding hydrogens is 777 g/mol. The van der Waals surface area contributed by atoms with Gasteiger partial charge < -0.3 is 10.4 Å². The number of aromatic carboxylic acids is 1. The highest BCUT2D eigenvalue weighted by Crippen LogP contribution is 2.76. The van der Waals surface area contributed by atoms with Gasteiger partial charge in [-0.2, -0.15) is 10.5 Å². The van der Waals surface area contributed by atoms with Gasteiger partial charge in [-0.1, -0.05) is 77.3 Å². The third kappa shape index (κ3) is 8.52. The molecule has 5 aliphatic carbocycles. The lowest BCUT2D eigenvalue weighted by Crippen LogP contribution is -2.68. The summed E-state index contributed by atoms with van der Waals surface area (Å²) in [5.41, 5.74) is 3.62. The van der Waals surface area contributed by atoms with Crippen molar-refractivity contribution < 1.29 is 14.7 Å². The minimum Gasteiger partial charge on any atom is -0.478 e. The van der Waals surface area contributed by atoms with Crippen LogP contribution in [-0.2, 0) is 4.79 Å². The fraction of sp³-hybridized carbons (Fsp3) is 0.566. The van der Waals surface area contributed by atoms with Crippen molar-refractivity contribution >= 4 is 45.1 Å². The zero-order chi connectivity index (χ0) is 44.7. The van der Waals surface area contributed by atoms with Crippen molar-refractivity contribution in [1.29, 1.82) is 0 Å². The van der Waals surface area contributed by atoms with Crippen LogP contribution in [0.1, 0.15) is 133 Å². The van der Waals surface area contributed by atoms with E-state index in [1.165, 1.54) is 61.0 Å². The second-order valence-corrected chi connectivity index (χ2v) is 22.1. The van der Waals surface area contributed by atoms with Crippen molar-refractivity contribution in [3.63, 3.8) is 0 Å². The van der Waals surface area contributed by atoms with Crippen LogP contribution in [0.3, 0.4) is 0 Å². The Bertz CT molecular complexity index is 1900. The molecule has 7 heteroatoms. The quantitative estimate of drug-likeness (QED) is 0.173. The second-order valence-electron chi connectivity index (χ2n) is 19.1. The van der Waals surface area contributed by atoms with Crippen LogP contribution in [0.15, 0.2) is 60.5 Å². The molecule has 0 bridgehead atoms. The number of allylic oxidation sites excluding steroid dienone is 3. The summed E-state index contributed by atoms with van der Waals surface area (Å²) in [7, 11) is 0.219. The molecule has 6 aliphatic rings. The molecule has 9 atom stereocenters. The molecule has 1 amide bonds. The maximum Gasteiger partial charge on any atom is 0.335 e. The molecule has 1 aliphatic heterocycles. The number of carboxylic acid groups (broad SMARTS) is 1. The van der Waals surface area contributed by atoms with Gasteiger partial charge in [-0.05, 0) is 145 Å². The lowest BCUT2D eigenvalue weighted by Gasteiger charge is -2.72.